The van der Waals surface area contributed by atoms with Crippen LogP contribution in [0, 0.1) is 0 Å². The first kappa shape index (κ1) is 16.5. The van der Waals surface area contributed by atoms with Crippen LogP contribution in [0.2, 0.25) is 0 Å². The molecule has 22 heavy (non-hydrogen) atoms. The Balaban J connectivity index is 2.18. The lowest BCUT2D eigenvalue weighted by molar-refractivity contribution is -0.128. The average Bonchev–Trinajstić information content (AvgIpc) is 2.97. The number of aromatic nitrogens is 2. The normalized spacial score (nSPS) is 17.8. The number of hydrogen-bond acceptors (Lipinski definition) is 3. The molecular weight excluding hydrogens is 280 g/mol. The smallest absolute Gasteiger partial charge is 0.255 e. The summed E-state index contributed by atoms with van der Waals surface area (Å²) in [7, 11) is 1.61. The van der Waals surface area contributed by atoms with E-state index < -0.39 is 5.54 Å². The van der Waals surface area contributed by atoms with Crippen molar-refractivity contribution in [3.05, 3.63) is 18.0 Å². The van der Waals surface area contributed by atoms with Crippen molar-refractivity contribution in [3.8, 4) is 0 Å². The molecule has 2 N–H and O–H groups in total. The fraction of sp³-hybridized carbons (Fsp3) is 0.688. The first-order chi connectivity index (χ1) is 10.3. The fourth-order valence-corrected chi connectivity index (χ4v) is 2.90. The predicted octanol–water partition coefficient (Wildman–Crippen LogP) is 1.82. The lowest BCUT2D eigenvalue weighted by Crippen LogP contribution is -2.59. The summed E-state index contributed by atoms with van der Waals surface area (Å²) in [6.45, 7) is 6.07. The van der Waals surface area contributed by atoms with E-state index >= 15 is 0 Å². The van der Waals surface area contributed by atoms with Gasteiger partial charge in [-0.1, -0.05) is 19.3 Å². The Morgan fingerprint density at radius 1 is 1.23 bits per heavy atom. The molecule has 1 aromatic rings. The van der Waals surface area contributed by atoms with E-state index in [0.717, 1.165) is 19.3 Å². The van der Waals surface area contributed by atoms with Crippen molar-refractivity contribution in [1.82, 2.24) is 20.4 Å². The highest BCUT2D eigenvalue weighted by Crippen LogP contribution is 2.29. The maximum atomic E-state index is 12.5. The molecule has 0 radical (unpaired) electrons. The summed E-state index contributed by atoms with van der Waals surface area (Å²) < 4.78 is 1.76. The van der Waals surface area contributed by atoms with Crippen LogP contribution in [-0.4, -0.2) is 34.2 Å². The molecule has 0 saturated heterocycles. The maximum Gasteiger partial charge on any atom is 0.255 e. The molecule has 1 aliphatic carbocycles. The van der Waals surface area contributed by atoms with Crippen molar-refractivity contribution >= 4 is 11.8 Å². The average molecular weight is 306 g/mol. The predicted molar refractivity (Wildman–Crippen MR) is 84.6 cm³/mol. The number of carbonyl (C=O) groups excluding carboxylic acids is 2. The largest absolute Gasteiger partial charge is 0.357 e. The van der Waals surface area contributed by atoms with Crippen LogP contribution in [0.25, 0.3) is 0 Å². The highest BCUT2D eigenvalue weighted by atomic mass is 16.2. The zero-order valence-corrected chi connectivity index (χ0v) is 13.9. The minimum absolute atomic E-state index is 0.108. The quantitative estimate of drug-likeness (QED) is 0.894. The van der Waals surface area contributed by atoms with Crippen LogP contribution in [0.4, 0.5) is 0 Å². The van der Waals surface area contributed by atoms with Crippen molar-refractivity contribution in [2.75, 3.05) is 7.05 Å². The van der Waals surface area contributed by atoms with Gasteiger partial charge in [-0.25, -0.2) is 0 Å². The Labute approximate surface area is 131 Å². The second-order valence-corrected chi connectivity index (χ2v) is 7.02. The summed E-state index contributed by atoms with van der Waals surface area (Å²) in [5.41, 5.74) is -0.473. The van der Waals surface area contributed by atoms with Gasteiger partial charge in [-0.2, -0.15) is 5.10 Å². The van der Waals surface area contributed by atoms with E-state index in [1.807, 2.05) is 20.8 Å². The minimum atomic E-state index is -0.784. The molecular formula is C16H26N4O2. The van der Waals surface area contributed by atoms with Gasteiger partial charge < -0.3 is 10.6 Å². The van der Waals surface area contributed by atoms with Crippen molar-refractivity contribution in [2.24, 2.45) is 0 Å². The monoisotopic (exact) mass is 306 g/mol. The van der Waals surface area contributed by atoms with Crippen molar-refractivity contribution in [1.29, 1.82) is 0 Å². The van der Waals surface area contributed by atoms with Gasteiger partial charge in [0.2, 0.25) is 5.91 Å². The van der Waals surface area contributed by atoms with E-state index in [1.165, 1.54) is 0 Å². The molecule has 1 aliphatic rings. The Kier molecular flexibility index (Phi) is 4.58. The highest BCUT2D eigenvalue weighted by molar-refractivity contribution is 5.99. The maximum absolute atomic E-state index is 12.5. The van der Waals surface area contributed by atoms with E-state index in [0.29, 0.717) is 18.4 Å². The van der Waals surface area contributed by atoms with Gasteiger partial charge in [-0.05, 0) is 33.6 Å². The first-order valence-corrected chi connectivity index (χ1v) is 7.88. The fourth-order valence-electron chi connectivity index (χ4n) is 2.90. The molecule has 1 saturated carbocycles. The molecule has 2 amide bonds. The van der Waals surface area contributed by atoms with E-state index in [9.17, 15) is 9.59 Å². The second kappa shape index (κ2) is 6.10. The summed E-state index contributed by atoms with van der Waals surface area (Å²) in [5.74, 6) is -0.343. The van der Waals surface area contributed by atoms with Gasteiger partial charge in [0.1, 0.15) is 5.54 Å². The Morgan fingerprint density at radius 2 is 1.86 bits per heavy atom. The molecule has 6 nitrogen and oxygen atoms in total. The van der Waals surface area contributed by atoms with E-state index in [4.69, 9.17) is 0 Å². The number of rotatable bonds is 3. The zero-order valence-electron chi connectivity index (χ0n) is 13.9. The lowest BCUT2D eigenvalue weighted by Gasteiger charge is -2.36. The number of carbonyl (C=O) groups is 2. The van der Waals surface area contributed by atoms with Crippen molar-refractivity contribution in [3.63, 3.8) is 0 Å². The molecule has 1 fully saturated rings. The van der Waals surface area contributed by atoms with Crippen LogP contribution in [0.3, 0.4) is 0 Å². The third-order valence-corrected chi connectivity index (χ3v) is 4.25. The van der Waals surface area contributed by atoms with Crippen LogP contribution >= 0.6 is 0 Å². The van der Waals surface area contributed by atoms with Crippen molar-refractivity contribution < 1.29 is 9.59 Å². The van der Waals surface area contributed by atoms with Gasteiger partial charge in [-0.15, -0.1) is 0 Å². The third kappa shape index (κ3) is 3.31. The van der Waals surface area contributed by atoms with E-state index in [-0.39, 0.29) is 17.4 Å². The summed E-state index contributed by atoms with van der Waals surface area (Å²) in [4.78, 5) is 24.8. The van der Waals surface area contributed by atoms with Gasteiger partial charge >= 0.3 is 0 Å². The molecule has 0 unspecified atom stereocenters. The van der Waals surface area contributed by atoms with Crippen LogP contribution in [0.5, 0.6) is 0 Å². The molecule has 2 rings (SSSR count). The molecule has 0 aliphatic heterocycles. The minimum Gasteiger partial charge on any atom is -0.357 e. The summed E-state index contributed by atoms with van der Waals surface area (Å²) >= 11 is 0. The van der Waals surface area contributed by atoms with E-state index in [2.05, 4.69) is 15.7 Å². The number of nitrogens with zero attached hydrogens (tertiary/aromatic N) is 2. The van der Waals surface area contributed by atoms with Gasteiger partial charge in [0.25, 0.3) is 5.91 Å². The van der Waals surface area contributed by atoms with Gasteiger partial charge in [0, 0.05) is 13.2 Å². The molecule has 0 spiro atoms. The SMILES string of the molecule is CNC(=O)C1(NC(=O)c2cnn(C(C)(C)C)c2)CCCCC1. The molecule has 0 atom stereocenters. The Morgan fingerprint density at radius 3 is 2.36 bits per heavy atom. The topological polar surface area (TPSA) is 76.0 Å². The number of likely N-dealkylation sites (N-methyl/N-ethyl adjacent to an activating group) is 1. The van der Waals surface area contributed by atoms with Crippen LogP contribution in [0.15, 0.2) is 12.4 Å². The summed E-state index contributed by atoms with van der Waals surface area (Å²) in [6, 6.07) is 0. The molecule has 0 bridgehead atoms. The van der Waals surface area contributed by atoms with Crippen LogP contribution in [-0.2, 0) is 10.3 Å². The third-order valence-electron chi connectivity index (χ3n) is 4.25. The van der Waals surface area contributed by atoms with E-state index in [1.54, 1.807) is 24.1 Å². The zero-order chi connectivity index (χ0) is 16.4. The molecule has 6 heteroatoms. The highest BCUT2D eigenvalue weighted by Gasteiger charge is 2.40. The van der Waals surface area contributed by atoms with Crippen LogP contribution < -0.4 is 10.6 Å². The van der Waals surface area contributed by atoms with Gasteiger partial charge in [0.05, 0.1) is 17.3 Å². The molecule has 0 aromatic carbocycles. The van der Waals surface area contributed by atoms with Gasteiger partial charge in [0.15, 0.2) is 0 Å². The second-order valence-electron chi connectivity index (χ2n) is 7.02. The lowest BCUT2D eigenvalue weighted by atomic mass is 9.80. The summed E-state index contributed by atoms with van der Waals surface area (Å²) in [5, 5.41) is 9.89. The van der Waals surface area contributed by atoms with Crippen molar-refractivity contribution in [2.45, 2.75) is 64.0 Å². The number of nitrogens with one attached hydrogen (secondary N) is 2. The first-order valence-electron chi connectivity index (χ1n) is 7.88. The molecule has 122 valence electrons. The number of hydrogen-bond donors (Lipinski definition) is 2. The summed E-state index contributed by atoms with van der Waals surface area (Å²) in [6.07, 6.45) is 7.68. The number of amides is 2. The molecule has 1 heterocycles. The standard InChI is InChI=1S/C16H26N4O2/c1-15(2,3)20-11-12(10-18-20)13(21)19-16(14(22)17-4)8-6-5-7-9-16/h10-11H,5-9H2,1-4H3,(H,17,22)(H,19,21). The van der Waals surface area contributed by atoms with Crippen LogP contribution in [0.1, 0.15) is 63.2 Å². The Hall–Kier alpha value is -1.85. The van der Waals surface area contributed by atoms with Gasteiger partial charge in [-0.3, -0.25) is 14.3 Å². The molecule has 1 aromatic heterocycles. The Bertz CT molecular complexity index is 551.